The lowest BCUT2D eigenvalue weighted by Gasteiger charge is -2.23. The van der Waals surface area contributed by atoms with E-state index >= 15 is 0 Å². The molecule has 2 atom stereocenters. The molecule has 2 N–H and O–H groups in total. The van der Waals surface area contributed by atoms with Crippen LogP contribution >= 0.6 is 11.3 Å². The van der Waals surface area contributed by atoms with Gasteiger partial charge in [0.2, 0.25) is 0 Å². The Bertz CT molecular complexity index is 348. The van der Waals surface area contributed by atoms with Gasteiger partial charge in [-0.3, -0.25) is 4.90 Å². The molecule has 0 amide bonds. The van der Waals surface area contributed by atoms with E-state index < -0.39 is 0 Å². The molecule has 0 aromatic carbocycles. The van der Waals surface area contributed by atoms with E-state index in [0.717, 1.165) is 19.5 Å². The monoisotopic (exact) mass is 239 g/mol. The van der Waals surface area contributed by atoms with E-state index in [0.29, 0.717) is 12.0 Å². The lowest BCUT2D eigenvalue weighted by molar-refractivity contribution is 0.264. The average molecular weight is 239 g/mol. The van der Waals surface area contributed by atoms with Gasteiger partial charge in [-0.25, -0.2) is 4.98 Å². The lowest BCUT2D eigenvalue weighted by atomic mass is 10.1. The fourth-order valence-corrected chi connectivity index (χ4v) is 3.47. The van der Waals surface area contributed by atoms with Crippen molar-refractivity contribution in [3.05, 3.63) is 16.1 Å². The van der Waals surface area contributed by atoms with Gasteiger partial charge in [-0.15, -0.1) is 11.3 Å². The van der Waals surface area contributed by atoms with Crippen LogP contribution < -0.4 is 5.73 Å². The summed E-state index contributed by atoms with van der Waals surface area (Å²) in [5, 5.41) is 1.23. The summed E-state index contributed by atoms with van der Waals surface area (Å²) >= 11 is 1.83. The van der Waals surface area contributed by atoms with Crippen molar-refractivity contribution < 1.29 is 0 Å². The Morgan fingerprint density at radius 1 is 1.62 bits per heavy atom. The average Bonchev–Trinajstić information content (AvgIpc) is 2.83. The molecule has 2 heterocycles. The van der Waals surface area contributed by atoms with Crippen LogP contribution in [0.2, 0.25) is 0 Å². The Hall–Kier alpha value is -0.450. The van der Waals surface area contributed by atoms with Crippen LogP contribution in [0, 0.1) is 0 Å². The summed E-state index contributed by atoms with van der Waals surface area (Å²) in [7, 11) is 0. The van der Waals surface area contributed by atoms with E-state index in [1.54, 1.807) is 0 Å². The third-order valence-corrected chi connectivity index (χ3v) is 4.65. The van der Waals surface area contributed by atoms with E-state index in [1.807, 2.05) is 17.5 Å². The molecule has 1 aliphatic rings. The summed E-state index contributed by atoms with van der Waals surface area (Å²) in [5.41, 5.74) is 6.20. The van der Waals surface area contributed by atoms with Crippen LogP contribution in [0.1, 0.15) is 49.0 Å². The van der Waals surface area contributed by atoms with Crippen LogP contribution in [-0.2, 0) is 0 Å². The zero-order valence-electron chi connectivity index (χ0n) is 10.3. The molecule has 2 unspecified atom stereocenters. The predicted octanol–water partition coefficient (Wildman–Crippen LogP) is 2.36. The van der Waals surface area contributed by atoms with Gasteiger partial charge in [0.05, 0.1) is 11.0 Å². The van der Waals surface area contributed by atoms with Crippen LogP contribution in [0.3, 0.4) is 0 Å². The second-order valence-corrected chi connectivity index (χ2v) is 5.88. The summed E-state index contributed by atoms with van der Waals surface area (Å²) in [5.74, 6) is 0.520. The van der Waals surface area contributed by atoms with Crippen LogP contribution in [-0.4, -0.2) is 29.0 Å². The third-order valence-electron chi connectivity index (χ3n) is 3.28. The number of nitrogens with two attached hydrogens (primary N) is 1. The van der Waals surface area contributed by atoms with Gasteiger partial charge in [-0.2, -0.15) is 0 Å². The maximum atomic E-state index is 6.20. The zero-order valence-corrected chi connectivity index (χ0v) is 11.1. The molecule has 0 spiro atoms. The summed E-state index contributed by atoms with van der Waals surface area (Å²) in [6, 6.07) is 0.676. The first-order valence-electron chi connectivity index (χ1n) is 6.08. The van der Waals surface area contributed by atoms with E-state index in [-0.39, 0.29) is 6.04 Å². The lowest BCUT2D eigenvalue weighted by Crippen LogP contribution is -2.31. The molecule has 0 radical (unpaired) electrons. The molecular weight excluding hydrogens is 218 g/mol. The summed E-state index contributed by atoms with van der Waals surface area (Å²) in [4.78, 5) is 8.30. The van der Waals surface area contributed by atoms with Crippen molar-refractivity contribution in [3.8, 4) is 0 Å². The Labute approximate surface area is 102 Å². The highest BCUT2D eigenvalue weighted by Crippen LogP contribution is 2.35. The van der Waals surface area contributed by atoms with Crippen molar-refractivity contribution in [1.29, 1.82) is 0 Å². The van der Waals surface area contributed by atoms with E-state index in [4.69, 9.17) is 5.73 Å². The molecule has 0 saturated carbocycles. The third kappa shape index (κ3) is 2.14. The van der Waals surface area contributed by atoms with E-state index in [1.165, 1.54) is 9.88 Å². The minimum Gasteiger partial charge on any atom is -0.326 e. The first-order valence-corrected chi connectivity index (χ1v) is 6.90. The molecule has 1 aromatic rings. The van der Waals surface area contributed by atoms with E-state index in [9.17, 15) is 0 Å². The number of hydrogen-bond acceptors (Lipinski definition) is 4. The van der Waals surface area contributed by atoms with Crippen molar-refractivity contribution >= 4 is 11.3 Å². The van der Waals surface area contributed by atoms with Crippen molar-refractivity contribution in [2.45, 2.75) is 45.2 Å². The molecule has 1 fully saturated rings. The highest BCUT2D eigenvalue weighted by molar-refractivity contribution is 7.11. The smallest absolute Gasteiger partial charge is 0.0953 e. The van der Waals surface area contributed by atoms with Crippen molar-refractivity contribution in [2.75, 3.05) is 13.1 Å². The Morgan fingerprint density at radius 2 is 2.38 bits per heavy atom. The zero-order chi connectivity index (χ0) is 11.7. The molecule has 1 saturated heterocycles. The van der Waals surface area contributed by atoms with Gasteiger partial charge in [0.25, 0.3) is 0 Å². The Kier molecular flexibility index (Phi) is 3.62. The summed E-state index contributed by atoms with van der Waals surface area (Å²) in [6.07, 6.45) is 3.13. The quantitative estimate of drug-likeness (QED) is 0.880. The SMILES string of the molecule is CCN1CCC(N)C1c1cnc(C(C)C)s1. The maximum Gasteiger partial charge on any atom is 0.0953 e. The standard InChI is InChI=1S/C12H21N3S/c1-4-15-6-5-9(13)11(15)10-7-14-12(16-10)8(2)3/h7-9,11H,4-6,13H2,1-3H3. The first-order chi connectivity index (χ1) is 7.63. The number of likely N-dealkylation sites (tertiary alicyclic amines) is 1. The van der Waals surface area contributed by atoms with Crippen molar-refractivity contribution in [3.63, 3.8) is 0 Å². The molecular formula is C12H21N3S. The summed E-state index contributed by atoms with van der Waals surface area (Å²) < 4.78 is 0. The fourth-order valence-electron chi connectivity index (χ4n) is 2.33. The molecule has 3 nitrogen and oxygen atoms in total. The van der Waals surface area contributed by atoms with Gasteiger partial charge in [-0.05, 0) is 13.0 Å². The highest BCUT2D eigenvalue weighted by atomic mass is 32.1. The normalized spacial score (nSPS) is 26.8. The van der Waals surface area contributed by atoms with Gasteiger partial charge in [0.1, 0.15) is 0 Å². The molecule has 0 bridgehead atoms. The van der Waals surface area contributed by atoms with Crippen LogP contribution in [0.4, 0.5) is 0 Å². The Balaban J connectivity index is 2.21. The highest BCUT2D eigenvalue weighted by Gasteiger charge is 2.33. The van der Waals surface area contributed by atoms with Gasteiger partial charge >= 0.3 is 0 Å². The number of hydrogen-bond donors (Lipinski definition) is 1. The number of likely N-dealkylation sites (N-methyl/N-ethyl adjacent to an activating group) is 1. The molecule has 0 aliphatic carbocycles. The molecule has 90 valence electrons. The molecule has 1 aliphatic heterocycles. The minimum absolute atomic E-state index is 0.278. The Morgan fingerprint density at radius 3 is 2.94 bits per heavy atom. The minimum atomic E-state index is 0.278. The van der Waals surface area contributed by atoms with Crippen LogP contribution in [0.5, 0.6) is 0 Å². The van der Waals surface area contributed by atoms with Crippen molar-refractivity contribution in [2.24, 2.45) is 5.73 Å². The topological polar surface area (TPSA) is 42.1 Å². The van der Waals surface area contributed by atoms with Gasteiger partial charge in [-0.1, -0.05) is 20.8 Å². The van der Waals surface area contributed by atoms with Crippen molar-refractivity contribution in [1.82, 2.24) is 9.88 Å². The van der Waals surface area contributed by atoms with Gasteiger partial charge in [0, 0.05) is 29.6 Å². The number of nitrogens with zero attached hydrogens (tertiary/aromatic N) is 2. The molecule has 16 heavy (non-hydrogen) atoms. The second kappa shape index (κ2) is 4.82. The number of aromatic nitrogens is 1. The van der Waals surface area contributed by atoms with Crippen LogP contribution in [0.15, 0.2) is 6.20 Å². The predicted molar refractivity (Wildman–Crippen MR) is 68.8 cm³/mol. The second-order valence-electron chi connectivity index (χ2n) is 4.78. The van der Waals surface area contributed by atoms with Gasteiger partial charge < -0.3 is 5.73 Å². The number of rotatable bonds is 3. The largest absolute Gasteiger partial charge is 0.326 e. The first kappa shape index (κ1) is 12.0. The maximum absolute atomic E-state index is 6.20. The number of thiazole rings is 1. The molecule has 1 aromatic heterocycles. The fraction of sp³-hybridized carbons (Fsp3) is 0.750. The molecule has 2 rings (SSSR count). The molecule has 4 heteroatoms. The van der Waals surface area contributed by atoms with Gasteiger partial charge in [0.15, 0.2) is 0 Å². The van der Waals surface area contributed by atoms with E-state index in [2.05, 4.69) is 30.7 Å². The summed E-state index contributed by atoms with van der Waals surface area (Å²) in [6.45, 7) is 8.78. The van der Waals surface area contributed by atoms with Crippen LogP contribution in [0.25, 0.3) is 0 Å².